The molecule has 0 fully saturated rings. The van der Waals surface area contributed by atoms with Gasteiger partial charge in [-0.05, 0) is 74.2 Å². The first kappa shape index (κ1) is 25.6. The number of aryl methyl sites for hydroxylation is 2. The molecule has 0 aliphatic heterocycles. The predicted molar refractivity (Wildman–Crippen MR) is 157 cm³/mol. The van der Waals surface area contributed by atoms with Crippen molar-refractivity contribution in [3.05, 3.63) is 106 Å². The second-order valence-corrected chi connectivity index (χ2v) is 11.6. The fourth-order valence-corrected chi connectivity index (χ4v) is 7.08. The number of carbonyl (C=O) groups is 2. The van der Waals surface area contributed by atoms with E-state index in [2.05, 4.69) is 0 Å². The van der Waals surface area contributed by atoms with Crippen LogP contribution in [0.2, 0.25) is 0 Å². The minimum atomic E-state index is -1.07. The lowest BCUT2D eigenvalue weighted by Gasteiger charge is -2.19. The van der Waals surface area contributed by atoms with Gasteiger partial charge in [-0.3, -0.25) is 0 Å². The molecular formula is C32H26O4S2. The van der Waals surface area contributed by atoms with Crippen LogP contribution in [-0.2, 0) is 0 Å². The minimum absolute atomic E-state index is 0.144. The van der Waals surface area contributed by atoms with Gasteiger partial charge in [-0.2, -0.15) is 0 Å². The second-order valence-electron chi connectivity index (χ2n) is 9.42. The van der Waals surface area contributed by atoms with Gasteiger partial charge in [0.2, 0.25) is 0 Å². The molecule has 0 atom stereocenters. The predicted octanol–water partition coefficient (Wildman–Crippen LogP) is 9.11. The lowest BCUT2D eigenvalue weighted by molar-refractivity contribution is 0.0681. The summed E-state index contributed by atoms with van der Waals surface area (Å²) in [5.74, 6) is -2.14. The zero-order valence-electron chi connectivity index (χ0n) is 21.5. The maximum Gasteiger partial charge on any atom is 0.336 e. The van der Waals surface area contributed by atoms with Gasteiger partial charge >= 0.3 is 11.9 Å². The van der Waals surface area contributed by atoms with E-state index >= 15 is 0 Å². The summed E-state index contributed by atoms with van der Waals surface area (Å²) in [5, 5.41) is 20.7. The molecule has 0 unspecified atom stereocenters. The molecule has 0 bridgehead atoms. The third-order valence-electron chi connectivity index (χ3n) is 6.80. The average Bonchev–Trinajstić information content (AvgIpc) is 3.55. The lowest BCUT2D eigenvalue weighted by Crippen LogP contribution is -2.12. The summed E-state index contributed by atoms with van der Waals surface area (Å²) in [6.45, 7) is 7.49. The first-order valence-corrected chi connectivity index (χ1v) is 13.8. The molecule has 2 N–H and O–H groups in total. The molecule has 38 heavy (non-hydrogen) atoms. The fourth-order valence-electron chi connectivity index (χ4n) is 4.84. The molecule has 6 heteroatoms. The number of benzene rings is 3. The summed E-state index contributed by atoms with van der Waals surface area (Å²) in [4.78, 5) is 28.8. The van der Waals surface area contributed by atoms with Crippen LogP contribution in [0.3, 0.4) is 0 Å². The van der Waals surface area contributed by atoms with Crippen molar-refractivity contribution in [2.24, 2.45) is 0 Å². The van der Waals surface area contributed by atoms with Gasteiger partial charge in [-0.15, -0.1) is 22.7 Å². The van der Waals surface area contributed by atoms with E-state index in [1.54, 1.807) is 13.8 Å². The van der Waals surface area contributed by atoms with E-state index in [-0.39, 0.29) is 11.1 Å². The van der Waals surface area contributed by atoms with Gasteiger partial charge in [-0.25, -0.2) is 9.59 Å². The molecule has 190 valence electrons. The topological polar surface area (TPSA) is 74.6 Å². The smallest absolute Gasteiger partial charge is 0.336 e. The quantitative estimate of drug-likeness (QED) is 0.226. The Morgan fingerprint density at radius 2 is 0.816 bits per heavy atom. The normalized spacial score (nSPS) is 11.1. The second kappa shape index (κ2) is 10.0. The molecule has 4 nitrogen and oxygen atoms in total. The van der Waals surface area contributed by atoms with Gasteiger partial charge in [-0.1, -0.05) is 59.7 Å². The molecule has 2 aromatic heterocycles. The Morgan fingerprint density at radius 1 is 0.500 bits per heavy atom. The highest BCUT2D eigenvalue weighted by atomic mass is 32.1. The standard InChI is InChI=1S/C32H26O4S2/c1-17-5-9-21(10-6-17)23-13-15-25(37-23)27-19(3)30(32(35)36)28(20(4)29(27)31(33)34)26-16-14-24(38-26)22-11-7-18(2)8-12-22/h5-16H,1-4H3,(H,33,34)(H,35,36). The van der Waals surface area contributed by atoms with E-state index in [9.17, 15) is 19.8 Å². The minimum Gasteiger partial charge on any atom is -0.478 e. The van der Waals surface area contributed by atoms with Crippen molar-refractivity contribution in [2.45, 2.75) is 27.7 Å². The summed E-state index contributed by atoms with van der Waals surface area (Å²) < 4.78 is 0. The van der Waals surface area contributed by atoms with Gasteiger partial charge in [0, 0.05) is 30.6 Å². The molecule has 0 aliphatic carbocycles. The largest absolute Gasteiger partial charge is 0.478 e. The Bertz CT molecular complexity index is 1560. The Hall–Kier alpha value is -4.00. The van der Waals surface area contributed by atoms with E-state index in [4.69, 9.17) is 0 Å². The molecule has 0 saturated carbocycles. The van der Waals surface area contributed by atoms with E-state index in [1.165, 1.54) is 22.7 Å². The Kier molecular flexibility index (Phi) is 6.78. The lowest BCUT2D eigenvalue weighted by atomic mass is 9.86. The molecule has 5 aromatic rings. The Balaban J connectivity index is 1.70. The molecule has 5 rings (SSSR count). The zero-order chi connectivity index (χ0) is 27.1. The summed E-state index contributed by atoms with van der Waals surface area (Å²) in [6, 6.07) is 24.0. The van der Waals surface area contributed by atoms with Crippen LogP contribution in [0.1, 0.15) is 43.0 Å². The van der Waals surface area contributed by atoms with E-state index in [0.29, 0.717) is 22.3 Å². The van der Waals surface area contributed by atoms with E-state index in [1.807, 2.05) is 86.6 Å². The van der Waals surface area contributed by atoms with Crippen molar-refractivity contribution in [3.63, 3.8) is 0 Å². The number of carboxylic acid groups (broad SMARTS) is 2. The zero-order valence-corrected chi connectivity index (χ0v) is 23.1. The third kappa shape index (κ3) is 4.57. The number of rotatable bonds is 6. The van der Waals surface area contributed by atoms with E-state index in [0.717, 1.165) is 41.8 Å². The van der Waals surface area contributed by atoms with Crippen LogP contribution in [0, 0.1) is 27.7 Å². The Morgan fingerprint density at radius 3 is 1.13 bits per heavy atom. The van der Waals surface area contributed by atoms with Gasteiger partial charge in [0.1, 0.15) is 0 Å². The highest BCUT2D eigenvalue weighted by Crippen LogP contribution is 2.46. The molecule has 0 radical (unpaired) electrons. The molecule has 3 aromatic carbocycles. The summed E-state index contributed by atoms with van der Waals surface area (Å²) in [7, 11) is 0. The van der Waals surface area contributed by atoms with Crippen molar-refractivity contribution in [3.8, 4) is 41.8 Å². The van der Waals surface area contributed by atoms with Crippen LogP contribution in [0.4, 0.5) is 0 Å². The summed E-state index contributed by atoms with van der Waals surface area (Å²) in [6.07, 6.45) is 0. The van der Waals surface area contributed by atoms with Crippen molar-refractivity contribution in [1.29, 1.82) is 0 Å². The number of hydrogen-bond acceptors (Lipinski definition) is 4. The molecule has 0 aliphatic rings. The number of hydrogen-bond donors (Lipinski definition) is 2. The summed E-state index contributed by atoms with van der Waals surface area (Å²) >= 11 is 2.94. The van der Waals surface area contributed by atoms with Gasteiger partial charge < -0.3 is 10.2 Å². The maximum atomic E-state index is 12.7. The SMILES string of the molecule is Cc1ccc(-c2ccc(-c3c(C)c(C(=O)O)c(-c4ccc(-c5ccc(C)cc5)s4)c(C)c3C(=O)O)s2)cc1. The number of aromatic carboxylic acids is 2. The first-order chi connectivity index (χ1) is 18.2. The van der Waals surface area contributed by atoms with Crippen LogP contribution < -0.4 is 0 Å². The van der Waals surface area contributed by atoms with Crippen LogP contribution >= 0.6 is 22.7 Å². The van der Waals surface area contributed by atoms with Crippen molar-refractivity contribution >= 4 is 34.6 Å². The van der Waals surface area contributed by atoms with Gasteiger partial charge in [0.05, 0.1) is 11.1 Å². The van der Waals surface area contributed by atoms with Crippen LogP contribution in [-0.4, -0.2) is 22.2 Å². The Labute approximate surface area is 229 Å². The molecule has 2 heterocycles. The highest BCUT2D eigenvalue weighted by molar-refractivity contribution is 7.19. The van der Waals surface area contributed by atoms with Gasteiger partial charge in [0.15, 0.2) is 0 Å². The molecule has 0 spiro atoms. The van der Waals surface area contributed by atoms with Crippen molar-refractivity contribution in [1.82, 2.24) is 0 Å². The summed E-state index contributed by atoms with van der Waals surface area (Å²) in [5.41, 5.74) is 6.53. The van der Waals surface area contributed by atoms with Crippen LogP contribution in [0.5, 0.6) is 0 Å². The fraction of sp³-hybridized carbons (Fsp3) is 0.125. The number of carboxylic acids is 2. The highest BCUT2D eigenvalue weighted by Gasteiger charge is 2.29. The molecule has 0 saturated heterocycles. The number of thiophene rings is 2. The van der Waals surface area contributed by atoms with Crippen LogP contribution in [0.25, 0.3) is 41.8 Å². The monoisotopic (exact) mass is 538 g/mol. The maximum absolute atomic E-state index is 12.7. The molecule has 0 amide bonds. The molecular weight excluding hydrogens is 512 g/mol. The average molecular weight is 539 g/mol. The van der Waals surface area contributed by atoms with Gasteiger partial charge in [0.25, 0.3) is 0 Å². The van der Waals surface area contributed by atoms with Crippen LogP contribution in [0.15, 0.2) is 72.8 Å². The first-order valence-electron chi connectivity index (χ1n) is 12.1. The van der Waals surface area contributed by atoms with Crippen molar-refractivity contribution < 1.29 is 19.8 Å². The van der Waals surface area contributed by atoms with Crippen molar-refractivity contribution in [2.75, 3.05) is 0 Å². The third-order valence-corrected chi connectivity index (χ3v) is 9.11. The van der Waals surface area contributed by atoms with E-state index < -0.39 is 11.9 Å².